The molecular formula is C19H25ClN4O2S. The van der Waals surface area contributed by atoms with Gasteiger partial charge in [0.15, 0.2) is 12.6 Å². The van der Waals surface area contributed by atoms with E-state index in [0.29, 0.717) is 18.8 Å². The van der Waals surface area contributed by atoms with Gasteiger partial charge in [0.25, 0.3) is 5.91 Å². The van der Waals surface area contributed by atoms with Gasteiger partial charge in [-0.05, 0) is 36.8 Å². The fourth-order valence-corrected chi connectivity index (χ4v) is 3.59. The molecule has 0 aliphatic heterocycles. The summed E-state index contributed by atoms with van der Waals surface area (Å²) in [5, 5.41) is 6.04. The first-order valence-electron chi connectivity index (χ1n) is 8.66. The summed E-state index contributed by atoms with van der Waals surface area (Å²) in [5.74, 6) is 1.32. The van der Waals surface area contributed by atoms with Gasteiger partial charge in [-0.2, -0.15) is 0 Å². The molecule has 1 amide bonds. The summed E-state index contributed by atoms with van der Waals surface area (Å²) in [6.45, 7) is 3.81. The number of halogens is 1. The van der Waals surface area contributed by atoms with Gasteiger partial charge in [0.2, 0.25) is 0 Å². The van der Waals surface area contributed by atoms with Gasteiger partial charge >= 0.3 is 0 Å². The maximum atomic E-state index is 11.5. The van der Waals surface area contributed by atoms with Gasteiger partial charge < -0.3 is 20.3 Å². The minimum Gasteiger partial charge on any atom is -0.484 e. The van der Waals surface area contributed by atoms with E-state index in [4.69, 9.17) is 16.3 Å². The maximum Gasteiger partial charge on any atom is 0.257 e. The third-order valence-electron chi connectivity index (χ3n) is 3.69. The molecule has 0 saturated carbocycles. The van der Waals surface area contributed by atoms with E-state index in [1.165, 1.54) is 4.88 Å². The lowest BCUT2D eigenvalue weighted by Gasteiger charge is -2.21. The quantitative estimate of drug-likeness (QED) is 0.520. The molecule has 2 rings (SSSR count). The number of thiophene rings is 1. The smallest absolute Gasteiger partial charge is 0.257 e. The predicted molar refractivity (Wildman–Crippen MR) is 112 cm³/mol. The van der Waals surface area contributed by atoms with E-state index in [2.05, 4.69) is 15.6 Å². The number of carbonyl (C=O) groups excluding carboxylic acids is 1. The van der Waals surface area contributed by atoms with Crippen LogP contribution in [-0.2, 0) is 17.9 Å². The van der Waals surface area contributed by atoms with Crippen LogP contribution in [0.1, 0.15) is 17.4 Å². The lowest BCUT2D eigenvalue weighted by Crippen LogP contribution is -2.37. The normalized spacial score (nSPS) is 11.2. The number of nitrogens with one attached hydrogen (secondary N) is 2. The summed E-state index contributed by atoms with van der Waals surface area (Å²) in [6, 6.07) is 11.6. The molecule has 0 aliphatic carbocycles. The third-order valence-corrected chi connectivity index (χ3v) is 4.90. The molecular weight excluding hydrogens is 384 g/mol. The lowest BCUT2D eigenvalue weighted by atomic mass is 10.2. The molecule has 0 fully saturated rings. The second-order valence-corrected chi connectivity index (χ2v) is 7.65. The van der Waals surface area contributed by atoms with E-state index in [-0.39, 0.29) is 12.5 Å². The Morgan fingerprint density at radius 3 is 2.78 bits per heavy atom. The molecule has 0 radical (unpaired) electrons. The Balaban J connectivity index is 1.88. The molecule has 0 atom stereocenters. The van der Waals surface area contributed by atoms with Crippen LogP contribution in [0.15, 0.2) is 41.4 Å². The summed E-state index contributed by atoms with van der Waals surface area (Å²) in [5.41, 5.74) is 1.04. The summed E-state index contributed by atoms with van der Waals surface area (Å²) < 4.78 is 6.31. The maximum absolute atomic E-state index is 11.5. The highest BCUT2D eigenvalue weighted by Gasteiger charge is 2.09. The van der Waals surface area contributed by atoms with Gasteiger partial charge in [-0.1, -0.05) is 23.7 Å². The number of benzene rings is 1. The zero-order valence-corrected chi connectivity index (χ0v) is 17.4. The van der Waals surface area contributed by atoms with E-state index < -0.39 is 0 Å². The number of nitrogens with zero attached hydrogens (tertiary/aromatic N) is 2. The Kier molecular flexibility index (Phi) is 8.42. The molecule has 2 aromatic rings. The van der Waals surface area contributed by atoms with Crippen molar-refractivity contribution in [2.24, 2.45) is 4.99 Å². The molecule has 6 nitrogen and oxygen atoms in total. The minimum atomic E-state index is -0.128. The minimum absolute atomic E-state index is 0.0124. The molecule has 0 unspecified atom stereocenters. The van der Waals surface area contributed by atoms with Crippen LogP contribution in [0.25, 0.3) is 0 Å². The first kappa shape index (κ1) is 21.1. The van der Waals surface area contributed by atoms with Crippen LogP contribution in [0, 0.1) is 0 Å². The van der Waals surface area contributed by atoms with Crippen molar-refractivity contribution in [3.63, 3.8) is 0 Å². The molecule has 146 valence electrons. The molecule has 2 N–H and O–H groups in total. The number of rotatable bonds is 8. The molecule has 0 spiro atoms. The fourth-order valence-electron chi connectivity index (χ4n) is 2.45. The van der Waals surface area contributed by atoms with Crippen molar-refractivity contribution in [1.29, 1.82) is 0 Å². The highest BCUT2D eigenvalue weighted by atomic mass is 35.5. The van der Waals surface area contributed by atoms with E-state index in [1.807, 2.05) is 55.3 Å². The average molecular weight is 409 g/mol. The number of likely N-dealkylation sites (N-methyl/N-ethyl adjacent to an activating group) is 1. The summed E-state index contributed by atoms with van der Waals surface area (Å²) >= 11 is 7.56. The molecule has 27 heavy (non-hydrogen) atoms. The van der Waals surface area contributed by atoms with E-state index >= 15 is 0 Å². The van der Waals surface area contributed by atoms with Crippen molar-refractivity contribution >= 4 is 34.8 Å². The second kappa shape index (κ2) is 10.8. The van der Waals surface area contributed by atoms with Gasteiger partial charge in [-0.25, -0.2) is 0 Å². The molecule has 1 aromatic heterocycles. The Morgan fingerprint density at radius 2 is 2.11 bits per heavy atom. The van der Waals surface area contributed by atoms with Gasteiger partial charge in [0, 0.05) is 32.1 Å². The van der Waals surface area contributed by atoms with Crippen LogP contribution >= 0.6 is 22.9 Å². The number of amides is 1. The van der Waals surface area contributed by atoms with Gasteiger partial charge in [0.1, 0.15) is 5.75 Å². The largest absolute Gasteiger partial charge is 0.484 e. The van der Waals surface area contributed by atoms with Crippen molar-refractivity contribution in [2.45, 2.75) is 20.0 Å². The van der Waals surface area contributed by atoms with E-state index in [9.17, 15) is 4.79 Å². The first-order chi connectivity index (χ1) is 13.0. The number of carbonyl (C=O) groups is 1. The van der Waals surface area contributed by atoms with Crippen LogP contribution in [0.4, 0.5) is 0 Å². The monoisotopic (exact) mass is 408 g/mol. The third kappa shape index (κ3) is 7.11. The van der Waals surface area contributed by atoms with Crippen LogP contribution in [-0.4, -0.2) is 44.0 Å². The molecule has 0 bridgehead atoms. The first-order valence-corrected chi connectivity index (χ1v) is 9.85. The van der Waals surface area contributed by atoms with Crippen LogP contribution in [0.5, 0.6) is 5.75 Å². The van der Waals surface area contributed by atoms with E-state index in [1.54, 1.807) is 18.4 Å². The highest BCUT2D eigenvalue weighted by molar-refractivity contribution is 7.16. The van der Waals surface area contributed by atoms with Crippen LogP contribution in [0.2, 0.25) is 4.34 Å². The molecule has 0 aliphatic rings. The summed E-state index contributed by atoms with van der Waals surface area (Å²) in [4.78, 5) is 19.0. The van der Waals surface area contributed by atoms with Gasteiger partial charge in [-0.15, -0.1) is 11.3 Å². The Bertz CT molecular complexity index is 779. The second-order valence-electron chi connectivity index (χ2n) is 5.85. The predicted octanol–water partition coefficient (Wildman–Crippen LogP) is 3.12. The molecule has 8 heteroatoms. The Labute approximate surface area is 169 Å². The molecule has 1 aromatic carbocycles. The van der Waals surface area contributed by atoms with Crippen LogP contribution in [0.3, 0.4) is 0 Å². The fraction of sp³-hybridized carbons (Fsp3) is 0.368. The number of guanidine groups is 1. The SMILES string of the molecule is CCNC(=O)COc1cccc(CNC(=NC)N(C)Cc2ccc(Cl)s2)c1. The number of ether oxygens (including phenoxy) is 1. The Morgan fingerprint density at radius 1 is 1.30 bits per heavy atom. The standard InChI is InChI=1S/C19H25ClN4O2S/c1-4-22-18(25)13-26-15-7-5-6-14(10-15)11-23-19(21-2)24(3)12-16-8-9-17(20)27-16/h5-10H,4,11-13H2,1-3H3,(H,21,23)(H,22,25). The lowest BCUT2D eigenvalue weighted by molar-refractivity contribution is -0.122. The number of hydrogen-bond donors (Lipinski definition) is 2. The highest BCUT2D eigenvalue weighted by Crippen LogP contribution is 2.22. The van der Waals surface area contributed by atoms with Gasteiger partial charge in [0.05, 0.1) is 10.9 Å². The van der Waals surface area contributed by atoms with Crippen molar-refractivity contribution in [2.75, 3.05) is 27.2 Å². The van der Waals surface area contributed by atoms with Crippen molar-refractivity contribution in [3.8, 4) is 5.75 Å². The van der Waals surface area contributed by atoms with Crippen molar-refractivity contribution in [3.05, 3.63) is 51.2 Å². The summed E-state index contributed by atoms with van der Waals surface area (Å²) in [6.07, 6.45) is 0. The number of aliphatic imine (C=N–C) groups is 1. The Hall–Kier alpha value is -2.25. The zero-order chi connectivity index (χ0) is 19.6. The average Bonchev–Trinajstić information content (AvgIpc) is 3.06. The molecule has 0 saturated heterocycles. The topological polar surface area (TPSA) is 66.0 Å². The van der Waals surface area contributed by atoms with Crippen LogP contribution < -0.4 is 15.4 Å². The van der Waals surface area contributed by atoms with Gasteiger partial charge in [-0.3, -0.25) is 9.79 Å². The zero-order valence-electron chi connectivity index (χ0n) is 15.8. The summed E-state index contributed by atoms with van der Waals surface area (Å²) in [7, 11) is 3.74. The van der Waals surface area contributed by atoms with Crippen molar-refractivity contribution < 1.29 is 9.53 Å². The van der Waals surface area contributed by atoms with Crippen molar-refractivity contribution in [1.82, 2.24) is 15.5 Å². The number of hydrogen-bond acceptors (Lipinski definition) is 4. The molecule has 1 heterocycles. The van der Waals surface area contributed by atoms with E-state index in [0.717, 1.165) is 22.4 Å².